The van der Waals surface area contributed by atoms with E-state index in [4.69, 9.17) is 24.9 Å². The molecule has 0 unspecified atom stereocenters. The van der Waals surface area contributed by atoms with Gasteiger partial charge in [0.25, 0.3) is 6.43 Å². The van der Waals surface area contributed by atoms with Crippen LogP contribution >= 0.6 is 0 Å². The number of urea groups is 1. The third kappa shape index (κ3) is 3.99. The third-order valence-electron chi connectivity index (χ3n) is 6.49. The average molecular weight is 473 g/mol. The van der Waals surface area contributed by atoms with Gasteiger partial charge in [-0.3, -0.25) is 5.32 Å². The molecular formula is C23H25F2N5O4. The number of alkyl halides is 2. The molecule has 34 heavy (non-hydrogen) atoms. The first-order valence-electron chi connectivity index (χ1n) is 11.0. The van der Waals surface area contributed by atoms with Gasteiger partial charge in [-0.05, 0) is 24.6 Å². The fourth-order valence-corrected chi connectivity index (χ4v) is 4.65. The highest BCUT2D eigenvalue weighted by atomic mass is 19.3. The topological polar surface area (TPSA) is 114 Å². The summed E-state index contributed by atoms with van der Waals surface area (Å²) in [7, 11) is 1.53. The molecule has 9 nitrogen and oxygen atoms in total. The van der Waals surface area contributed by atoms with Crippen molar-refractivity contribution >= 4 is 22.8 Å². The number of pyridine rings is 2. The molecule has 2 fully saturated rings. The van der Waals surface area contributed by atoms with Crippen molar-refractivity contribution in [3.05, 3.63) is 41.9 Å². The summed E-state index contributed by atoms with van der Waals surface area (Å²) in [5.74, 6) is 0.254. The van der Waals surface area contributed by atoms with Gasteiger partial charge in [0.15, 0.2) is 0 Å². The van der Waals surface area contributed by atoms with E-state index in [0.29, 0.717) is 48.6 Å². The van der Waals surface area contributed by atoms with Crippen molar-refractivity contribution in [2.24, 2.45) is 5.73 Å². The van der Waals surface area contributed by atoms with E-state index in [0.717, 1.165) is 11.9 Å². The highest BCUT2D eigenvalue weighted by Crippen LogP contribution is 2.39. The number of ether oxygens (including phenoxy) is 3. The minimum atomic E-state index is -2.69. The van der Waals surface area contributed by atoms with Crippen molar-refractivity contribution in [2.45, 2.75) is 30.9 Å². The van der Waals surface area contributed by atoms with Crippen LogP contribution in [0.15, 0.2) is 30.6 Å². The largest absolute Gasteiger partial charge is 0.379 e. The Morgan fingerprint density at radius 2 is 2.18 bits per heavy atom. The zero-order chi connectivity index (χ0) is 23.9. The van der Waals surface area contributed by atoms with Crippen LogP contribution < -0.4 is 11.1 Å². The molecule has 0 aromatic carbocycles. The Morgan fingerprint density at radius 1 is 1.32 bits per heavy atom. The number of carbonyl (C=O) groups excluding carboxylic acids is 1. The Labute approximate surface area is 194 Å². The standard InChI is InChI=1S/C23H25F2N5O4/c1-32-23(3-5-34-12-23)19-7-13(21(24)25)6-17(28-19)16-10-30(14-2-4-33-11-14)18-9-27-20(8-15(16)18)29-22(26)31/h6-10,14,21H,2-5,11-12H2,1H3,(H3,26,27,29,31)/t14-,23-/m0/s1. The average Bonchev–Trinajstić information content (AvgIpc) is 3.58. The number of hydrogen-bond acceptors (Lipinski definition) is 6. The number of primary amides is 1. The highest BCUT2D eigenvalue weighted by Gasteiger charge is 2.39. The lowest BCUT2D eigenvalue weighted by atomic mass is 9.95. The highest BCUT2D eigenvalue weighted by molar-refractivity contribution is 5.98. The fraction of sp³-hybridized carbons (Fsp3) is 0.435. The Kier molecular flexibility index (Phi) is 5.92. The molecule has 3 aromatic heterocycles. The lowest BCUT2D eigenvalue weighted by molar-refractivity contribution is -0.0247. The molecule has 5 rings (SSSR count). The van der Waals surface area contributed by atoms with E-state index >= 15 is 0 Å². The molecule has 0 bridgehead atoms. The number of anilines is 1. The summed E-state index contributed by atoms with van der Waals surface area (Å²) < 4.78 is 46.7. The third-order valence-corrected chi connectivity index (χ3v) is 6.49. The van der Waals surface area contributed by atoms with E-state index in [9.17, 15) is 13.6 Å². The second kappa shape index (κ2) is 8.90. The smallest absolute Gasteiger partial charge is 0.317 e. The molecule has 5 heterocycles. The summed E-state index contributed by atoms with van der Waals surface area (Å²) in [5, 5.41) is 3.17. The maximum Gasteiger partial charge on any atom is 0.317 e. The lowest BCUT2D eigenvalue weighted by Crippen LogP contribution is -2.30. The van der Waals surface area contributed by atoms with Crippen LogP contribution in [0, 0.1) is 0 Å². The van der Waals surface area contributed by atoms with E-state index in [-0.39, 0.29) is 24.0 Å². The summed E-state index contributed by atoms with van der Waals surface area (Å²) in [6.07, 6.45) is 2.14. The van der Waals surface area contributed by atoms with Crippen molar-refractivity contribution in [1.29, 1.82) is 0 Å². The molecule has 3 N–H and O–H groups in total. The second-order valence-corrected chi connectivity index (χ2v) is 8.52. The summed E-state index contributed by atoms with van der Waals surface area (Å²) in [4.78, 5) is 20.4. The van der Waals surface area contributed by atoms with Crippen molar-refractivity contribution in [1.82, 2.24) is 14.5 Å². The first kappa shape index (κ1) is 22.6. The first-order chi connectivity index (χ1) is 16.4. The summed E-state index contributed by atoms with van der Waals surface area (Å²) in [5.41, 5.74) is 6.39. The molecule has 2 aliphatic rings. The number of nitrogens with zero attached hydrogens (tertiary/aromatic N) is 3. The number of halogens is 2. The van der Waals surface area contributed by atoms with Gasteiger partial charge in [0.2, 0.25) is 0 Å². The molecule has 2 atom stereocenters. The molecule has 0 aliphatic carbocycles. The number of hydrogen-bond donors (Lipinski definition) is 2. The first-order valence-corrected chi connectivity index (χ1v) is 11.0. The molecule has 2 aliphatic heterocycles. The van der Waals surface area contributed by atoms with Crippen LogP contribution in [-0.2, 0) is 19.8 Å². The molecular weight excluding hydrogens is 448 g/mol. The van der Waals surface area contributed by atoms with Crippen LogP contribution in [-0.4, -0.2) is 54.1 Å². The number of amides is 2. The lowest BCUT2D eigenvalue weighted by Gasteiger charge is -2.26. The number of aromatic nitrogens is 3. The van der Waals surface area contributed by atoms with Gasteiger partial charge in [0, 0.05) is 49.5 Å². The van der Waals surface area contributed by atoms with Gasteiger partial charge in [0.1, 0.15) is 11.4 Å². The SMILES string of the molecule is CO[C@@]1(c2cc(C(F)F)cc(-c3cn([C@H]4CCOC4)c4cnc(NC(N)=O)cc34)n2)CCOC1. The van der Waals surface area contributed by atoms with Crippen molar-refractivity contribution < 1.29 is 27.8 Å². The normalized spacial score (nSPS) is 22.6. The zero-order valence-electron chi connectivity index (χ0n) is 18.6. The summed E-state index contributed by atoms with van der Waals surface area (Å²) >= 11 is 0. The molecule has 180 valence electrons. The number of rotatable bonds is 6. The zero-order valence-corrected chi connectivity index (χ0v) is 18.6. The minimum absolute atomic E-state index is 0.0688. The number of nitrogens with one attached hydrogen (secondary N) is 1. The van der Waals surface area contributed by atoms with E-state index in [1.54, 1.807) is 12.3 Å². The van der Waals surface area contributed by atoms with Gasteiger partial charge in [0.05, 0.1) is 42.4 Å². The van der Waals surface area contributed by atoms with Crippen molar-refractivity contribution in [3.63, 3.8) is 0 Å². The van der Waals surface area contributed by atoms with Crippen LogP contribution in [0.4, 0.5) is 19.4 Å². The van der Waals surface area contributed by atoms with Gasteiger partial charge in [-0.1, -0.05) is 0 Å². The van der Waals surface area contributed by atoms with E-state index in [1.807, 2.05) is 10.8 Å². The van der Waals surface area contributed by atoms with Crippen LogP contribution in [0.2, 0.25) is 0 Å². The number of methoxy groups -OCH3 is 1. The van der Waals surface area contributed by atoms with Crippen LogP contribution in [0.5, 0.6) is 0 Å². The van der Waals surface area contributed by atoms with Gasteiger partial charge < -0.3 is 24.5 Å². The van der Waals surface area contributed by atoms with Gasteiger partial charge in [-0.2, -0.15) is 0 Å². The maximum absolute atomic E-state index is 13.9. The fourth-order valence-electron chi connectivity index (χ4n) is 4.65. The van der Waals surface area contributed by atoms with E-state index < -0.39 is 18.1 Å². The van der Waals surface area contributed by atoms with Crippen molar-refractivity contribution in [3.8, 4) is 11.3 Å². The molecule has 2 amide bonds. The predicted octanol–water partition coefficient (Wildman–Crippen LogP) is 3.75. The maximum atomic E-state index is 13.9. The molecule has 2 saturated heterocycles. The molecule has 0 saturated carbocycles. The predicted molar refractivity (Wildman–Crippen MR) is 120 cm³/mol. The van der Waals surface area contributed by atoms with Crippen LogP contribution in [0.3, 0.4) is 0 Å². The monoisotopic (exact) mass is 473 g/mol. The number of fused-ring (bicyclic) bond motifs is 1. The van der Waals surface area contributed by atoms with Gasteiger partial charge >= 0.3 is 6.03 Å². The Bertz CT molecular complexity index is 1220. The summed E-state index contributed by atoms with van der Waals surface area (Å²) in [6, 6.07) is 3.76. The van der Waals surface area contributed by atoms with Crippen LogP contribution in [0.1, 0.15) is 36.6 Å². The van der Waals surface area contributed by atoms with Crippen LogP contribution in [0.25, 0.3) is 22.2 Å². The van der Waals surface area contributed by atoms with Gasteiger partial charge in [-0.15, -0.1) is 0 Å². The summed E-state index contributed by atoms with van der Waals surface area (Å²) in [6.45, 7) is 1.86. The molecule has 0 spiro atoms. The minimum Gasteiger partial charge on any atom is -0.379 e. The quantitative estimate of drug-likeness (QED) is 0.564. The van der Waals surface area contributed by atoms with E-state index in [2.05, 4.69) is 10.3 Å². The number of carbonyl (C=O) groups is 1. The van der Waals surface area contributed by atoms with Crippen molar-refractivity contribution in [2.75, 3.05) is 38.9 Å². The molecule has 0 radical (unpaired) electrons. The molecule has 3 aromatic rings. The molecule has 11 heteroatoms. The Morgan fingerprint density at radius 3 is 2.82 bits per heavy atom. The number of nitrogens with two attached hydrogens (primary N) is 1. The Hall–Kier alpha value is -3.15. The Balaban J connectivity index is 1.71. The van der Waals surface area contributed by atoms with Gasteiger partial charge in [-0.25, -0.2) is 23.5 Å². The van der Waals surface area contributed by atoms with E-state index in [1.165, 1.54) is 19.2 Å². The second-order valence-electron chi connectivity index (χ2n) is 8.52.